The number of carbonyl (C=O) groups is 1. The van der Waals surface area contributed by atoms with Crippen LogP contribution in [0.25, 0.3) is 0 Å². The van der Waals surface area contributed by atoms with E-state index in [0.717, 1.165) is 24.1 Å². The molecule has 92 valence electrons. The fourth-order valence-electron chi connectivity index (χ4n) is 2.78. The van der Waals surface area contributed by atoms with Gasteiger partial charge in [0.15, 0.2) is 6.29 Å². The van der Waals surface area contributed by atoms with Gasteiger partial charge in [-0.15, -0.1) is 0 Å². The SMILES string of the molecule is CCC1CCC(C)N1c1ncc(C=O)cc1C. The first-order valence-electron chi connectivity index (χ1n) is 6.37. The Labute approximate surface area is 103 Å². The Balaban J connectivity index is 2.35. The fraction of sp³-hybridized carbons (Fsp3) is 0.571. The number of aromatic nitrogens is 1. The molecule has 2 rings (SSSR count). The highest BCUT2D eigenvalue weighted by Gasteiger charge is 2.30. The topological polar surface area (TPSA) is 33.2 Å². The molecule has 1 aliphatic heterocycles. The van der Waals surface area contributed by atoms with Crippen LogP contribution in [0.2, 0.25) is 0 Å². The van der Waals surface area contributed by atoms with Gasteiger partial charge in [0.05, 0.1) is 0 Å². The second kappa shape index (κ2) is 4.86. The number of nitrogens with zero attached hydrogens (tertiary/aromatic N) is 2. The molecule has 0 amide bonds. The normalized spacial score (nSPS) is 24.1. The first-order chi connectivity index (χ1) is 8.17. The number of rotatable bonds is 3. The van der Waals surface area contributed by atoms with Gasteiger partial charge in [-0.2, -0.15) is 0 Å². The maximum Gasteiger partial charge on any atom is 0.151 e. The van der Waals surface area contributed by atoms with Crippen LogP contribution in [0.3, 0.4) is 0 Å². The molecule has 0 radical (unpaired) electrons. The average Bonchev–Trinajstić information content (AvgIpc) is 2.70. The summed E-state index contributed by atoms with van der Waals surface area (Å²) in [5.74, 6) is 1.05. The molecule has 1 aromatic heterocycles. The van der Waals surface area contributed by atoms with Gasteiger partial charge >= 0.3 is 0 Å². The zero-order valence-electron chi connectivity index (χ0n) is 10.8. The lowest BCUT2D eigenvalue weighted by Crippen LogP contribution is -2.35. The number of hydrogen-bond acceptors (Lipinski definition) is 3. The predicted molar refractivity (Wildman–Crippen MR) is 69.6 cm³/mol. The Hall–Kier alpha value is -1.38. The molecule has 0 saturated carbocycles. The van der Waals surface area contributed by atoms with Gasteiger partial charge in [0, 0.05) is 23.8 Å². The molecule has 0 aliphatic carbocycles. The van der Waals surface area contributed by atoms with E-state index in [0.29, 0.717) is 17.6 Å². The minimum Gasteiger partial charge on any atom is -0.351 e. The molecule has 0 spiro atoms. The zero-order valence-corrected chi connectivity index (χ0v) is 10.8. The number of aldehydes is 1. The van der Waals surface area contributed by atoms with E-state index in [9.17, 15) is 4.79 Å². The van der Waals surface area contributed by atoms with Crippen LogP contribution in [-0.2, 0) is 0 Å². The van der Waals surface area contributed by atoms with Crippen molar-refractivity contribution in [2.45, 2.75) is 52.1 Å². The van der Waals surface area contributed by atoms with Crippen molar-refractivity contribution < 1.29 is 4.79 Å². The molecule has 2 heterocycles. The van der Waals surface area contributed by atoms with E-state index in [1.807, 2.05) is 13.0 Å². The second-order valence-electron chi connectivity index (χ2n) is 4.92. The Morgan fingerprint density at radius 3 is 2.88 bits per heavy atom. The first kappa shape index (κ1) is 12.1. The molecule has 1 aliphatic rings. The van der Waals surface area contributed by atoms with Crippen molar-refractivity contribution in [1.82, 2.24) is 4.98 Å². The van der Waals surface area contributed by atoms with Gasteiger partial charge < -0.3 is 4.90 Å². The van der Waals surface area contributed by atoms with Crippen LogP contribution in [0.4, 0.5) is 5.82 Å². The molecule has 3 heteroatoms. The van der Waals surface area contributed by atoms with Crippen molar-refractivity contribution in [2.75, 3.05) is 4.90 Å². The van der Waals surface area contributed by atoms with Crippen LogP contribution < -0.4 is 4.90 Å². The summed E-state index contributed by atoms with van der Waals surface area (Å²) in [4.78, 5) is 17.6. The standard InChI is InChI=1S/C14H20N2O/c1-4-13-6-5-11(3)16(13)14-10(2)7-12(9-17)8-15-14/h7-9,11,13H,4-6H2,1-3H3. The van der Waals surface area contributed by atoms with Crippen molar-refractivity contribution in [1.29, 1.82) is 0 Å². The predicted octanol–water partition coefficient (Wildman–Crippen LogP) is 2.97. The summed E-state index contributed by atoms with van der Waals surface area (Å²) in [6.07, 6.45) is 6.16. The molecule has 0 bridgehead atoms. The number of aryl methyl sites for hydroxylation is 1. The van der Waals surface area contributed by atoms with Crippen LogP contribution in [0.5, 0.6) is 0 Å². The lowest BCUT2D eigenvalue weighted by atomic mass is 10.1. The van der Waals surface area contributed by atoms with E-state index in [2.05, 4.69) is 23.7 Å². The van der Waals surface area contributed by atoms with E-state index < -0.39 is 0 Å². The molecular weight excluding hydrogens is 212 g/mol. The van der Waals surface area contributed by atoms with Gasteiger partial charge in [0.1, 0.15) is 5.82 Å². The largest absolute Gasteiger partial charge is 0.351 e. The third-order valence-corrected chi connectivity index (χ3v) is 3.71. The minimum absolute atomic E-state index is 0.549. The van der Waals surface area contributed by atoms with Crippen molar-refractivity contribution in [2.24, 2.45) is 0 Å². The van der Waals surface area contributed by atoms with E-state index in [-0.39, 0.29) is 0 Å². The van der Waals surface area contributed by atoms with Crippen molar-refractivity contribution in [3.8, 4) is 0 Å². The van der Waals surface area contributed by atoms with E-state index >= 15 is 0 Å². The number of hydrogen-bond donors (Lipinski definition) is 0. The van der Waals surface area contributed by atoms with Gasteiger partial charge in [-0.05, 0) is 44.7 Å². The maximum absolute atomic E-state index is 10.7. The Kier molecular flexibility index (Phi) is 3.46. The van der Waals surface area contributed by atoms with Gasteiger partial charge in [-0.25, -0.2) is 4.98 Å². The third kappa shape index (κ3) is 2.19. The highest BCUT2D eigenvalue weighted by Crippen LogP contribution is 2.32. The first-order valence-corrected chi connectivity index (χ1v) is 6.37. The smallest absolute Gasteiger partial charge is 0.151 e. The minimum atomic E-state index is 0.549. The van der Waals surface area contributed by atoms with E-state index in [1.54, 1.807) is 6.20 Å². The molecule has 3 nitrogen and oxygen atoms in total. The lowest BCUT2D eigenvalue weighted by molar-refractivity contribution is 0.112. The van der Waals surface area contributed by atoms with Crippen molar-refractivity contribution in [3.63, 3.8) is 0 Å². The Morgan fingerprint density at radius 1 is 1.53 bits per heavy atom. The highest BCUT2D eigenvalue weighted by molar-refractivity contribution is 5.75. The second-order valence-corrected chi connectivity index (χ2v) is 4.92. The molecule has 0 aromatic carbocycles. The summed E-state index contributed by atoms with van der Waals surface area (Å²) in [7, 11) is 0. The number of carbonyl (C=O) groups excluding carboxylic acids is 1. The van der Waals surface area contributed by atoms with Crippen molar-refractivity contribution in [3.05, 3.63) is 23.4 Å². The molecule has 1 fully saturated rings. The summed E-state index contributed by atoms with van der Waals surface area (Å²) >= 11 is 0. The molecule has 1 saturated heterocycles. The van der Waals surface area contributed by atoms with E-state index in [4.69, 9.17) is 0 Å². The molecule has 1 aromatic rings. The van der Waals surface area contributed by atoms with Crippen LogP contribution in [0, 0.1) is 6.92 Å². The lowest BCUT2D eigenvalue weighted by Gasteiger charge is -2.30. The maximum atomic E-state index is 10.7. The summed E-state index contributed by atoms with van der Waals surface area (Å²) < 4.78 is 0. The summed E-state index contributed by atoms with van der Waals surface area (Å²) in [5.41, 5.74) is 1.76. The van der Waals surface area contributed by atoms with Crippen LogP contribution >= 0.6 is 0 Å². The van der Waals surface area contributed by atoms with Crippen LogP contribution in [0.15, 0.2) is 12.3 Å². The van der Waals surface area contributed by atoms with E-state index in [1.165, 1.54) is 12.8 Å². The quantitative estimate of drug-likeness (QED) is 0.751. The van der Waals surface area contributed by atoms with Gasteiger partial charge in [-0.3, -0.25) is 4.79 Å². The Morgan fingerprint density at radius 2 is 2.29 bits per heavy atom. The average molecular weight is 232 g/mol. The number of pyridine rings is 1. The number of anilines is 1. The molecule has 17 heavy (non-hydrogen) atoms. The zero-order chi connectivity index (χ0) is 12.4. The monoisotopic (exact) mass is 232 g/mol. The molecule has 2 atom stereocenters. The van der Waals surface area contributed by atoms with Gasteiger partial charge in [0.25, 0.3) is 0 Å². The molecule has 2 unspecified atom stereocenters. The Bertz CT molecular complexity index is 417. The van der Waals surface area contributed by atoms with Gasteiger partial charge in [-0.1, -0.05) is 6.92 Å². The molecule has 0 N–H and O–H groups in total. The summed E-state index contributed by atoms with van der Waals surface area (Å²) in [6, 6.07) is 3.07. The fourth-order valence-corrected chi connectivity index (χ4v) is 2.78. The summed E-state index contributed by atoms with van der Waals surface area (Å²) in [6.45, 7) is 6.52. The van der Waals surface area contributed by atoms with Gasteiger partial charge in [0.2, 0.25) is 0 Å². The van der Waals surface area contributed by atoms with Crippen LogP contribution in [0.1, 0.15) is 49.0 Å². The van der Waals surface area contributed by atoms with Crippen LogP contribution in [-0.4, -0.2) is 23.4 Å². The third-order valence-electron chi connectivity index (χ3n) is 3.71. The highest BCUT2D eigenvalue weighted by atomic mass is 16.1. The molecular formula is C14H20N2O. The van der Waals surface area contributed by atoms with Crippen molar-refractivity contribution >= 4 is 12.1 Å². The summed E-state index contributed by atoms with van der Waals surface area (Å²) in [5, 5.41) is 0.